The van der Waals surface area contributed by atoms with Gasteiger partial charge >= 0.3 is 7.12 Å². The molecule has 1 aliphatic heterocycles. The van der Waals surface area contributed by atoms with E-state index in [-0.39, 0.29) is 17.1 Å². The van der Waals surface area contributed by atoms with Gasteiger partial charge in [-0.3, -0.25) is 4.79 Å². The standard InChI is InChI=1S/C15H22BNO3/c1-11(18)17-10-12-8-6-7-9-13(12)16-19-14(2,3)15(4,5)20-16/h6-9H,10H2,1-5H3,(H,17,18). The number of hydrogen-bond donors (Lipinski definition) is 1. The number of carbonyl (C=O) groups excluding carboxylic acids is 1. The molecule has 1 amide bonds. The van der Waals surface area contributed by atoms with Crippen LogP contribution in [0.15, 0.2) is 24.3 Å². The Morgan fingerprint density at radius 3 is 2.25 bits per heavy atom. The molecule has 1 saturated heterocycles. The van der Waals surface area contributed by atoms with Crippen molar-refractivity contribution in [3.05, 3.63) is 29.8 Å². The Hall–Kier alpha value is -1.33. The largest absolute Gasteiger partial charge is 0.495 e. The Kier molecular flexibility index (Phi) is 3.94. The van der Waals surface area contributed by atoms with E-state index in [2.05, 4.69) is 5.32 Å². The number of amides is 1. The summed E-state index contributed by atoms with van der Waals surface area (Å²) in [5, 5.41) is 2.82. The van der Waals surface area contributed by atoms with Gasteiger partial charge in [0.25, 0.3) is 0 Å². The van der Waals surface area contributed by atoms with Crippen molar-refractivity contribution in [3.63, 3.8) is 0 Å². The molecule has 1 aliphatic rings. The lowest BCUT2D eigenvalue weighted by Gasteiger charge is -2.32. The van der Waals surface area contributed by atoms with Crippen LogP contribution >= 0.6 is 0 Å². The Labute approximate surface area is 121 Å². The lowest BCUT2D eigenvalue weighted by Crippen LogP contribution is -2.41. The molecule has 1 N–H and O–H groups in total. The molecule has 108 valence electrons. The minimum absolute atomic E-state index is 0.0475. The van der Waals surface area contributed by atoms with Crippen LogP contribution in [0.3, 0.4) is 0 Å². The van der Waals surface area contributed by atoms with Crippen LogP contribution in [0.4, 0.5) is 0 Å². The third-order valence-corrected chi connectivity index (χ3v) is 4.09. The first-order valence-electron chi connectivity index (χ1n) is 6.91. The van der Waals surface area contributed by atoms with Crippen molar-refractivity contribution in [1.29, 1.82) is 0 Å². The molecule has 1 aromatic rings. The van der Waals surface area contributed by atoms with Crippen LogP contribution in [0, 0.1) is 0 Å². The average Bonchev–Trinajstić information content (AvgIpc) is 2.56. The molecule has 4 nitrogen and oxygen atoms in total. The summed E-state index contributed by atoms with van der Waals surface area (Å²) in [7, 11) is -0.398. The van der Waals surface area contributed by atoms with Gasteiger partial charge in [-0.1, -0.05) is 24.3 Å². The summed E-state index contributed by atoms with van der Waals surface area (Å²) >= 11 is 0. The second-order valence-corrected chi connectivity index (χ2v) is 6.20. The average molecular weight is 275 g/mol. The third kappa shape index (κ3) is 2.89. The van der Waals surface area contributed by atoms with Crippen LogP contribution in [-0.4, -0.2) is 24.2 Å². The number of nitrogens with one attached hydrogen (secondary N) is 1. The SMILES string of the molecule is CC(=O)NCc1ccccc1B1OC(C)(C)C(C)(C)O1. The zero-order valence-electron chi connectivity index (χ0n) is 12.8. The predicted molar refractivity (Wildman–Crippen MR) is 79.7 cm³/mol. The molecule has 5 heteroatoms. The molecule has 20 heavy (non-hydrogen) atoms. The summed E-state index contributed by atoms with van der Waals surface area (Å²) in [6, 6.07) is 7.87. The molecule has 1 heterocycles. The van der Waals surface area contributed by atoms with Crippen molar-refractivity contribution in [2.75, 3.05) is 0 Å². The summed E-state index contributed by atoms with van der Waals surface area (Å²) in [5.41, 5.74) is 1.26. The fourth-order valence-electron chi connectivity index (χ4n) is 2.11. The van der Waals surface area contributed by atoms with Crippen LogP contribution in [0.5, 0.6) is 0 Å². The van der Waals surface area contributed by atoms with E-state index < -0.39 is 7.12 Å². The van der Waals surface area contributed by atoms with Gasteiger partial charge in [0.2, 0.25) is 5.91 Å². The van der Waals surface area contributed by atoms with Crippen molar-refractivity contribution < 1.29 is 14.1 Å². The zero-order valence-corrected chi connectivity index (χ0v) is 12.8. The molecule has 1 aromatic carbocycles. The molecular formula is C15H22BNO3. The van der Waals surface area contributed by atoms with E-state index in [0.29, 0.717) is 6.54 Å². The van der Waals surface area contributed by atoms with E-state index in [4.69, 9.17) is 9.31 Å². The maximum atomic E-state index is 11.1. The van der Waals surface area contributed by atoms with Crippen molar-refractivity contribution >= 4 is 18.5 Å². The van der Waals surface area contributed by atoms with E-state index in [1.54, 1.807) is 0 Å². The number of benzene rings is 1. The van der Waals surface area contributed by atoms with E-state index in [0.717, 1.165) is 11.0 Å². The number of rotatable bonds is 3. The molecule has 0 aliphatic carbocycles. The summed E-state index contributed by atoms with van der Waals surface area (Å²) < 4.78 is 12.1. The summed E-state index contributed by atoms with van der Waals surface area (Å²) in [5.74, 6) is -0.0475. The second kappa shape index (κ2) is 5.22. The van der Waals surface area contributed by atoms with E-state index in [1.807, 2.05) is 52.0 Å². The molecule has 1 fully saturated rings. The minimum Gasteiger partial charge on any atom is -0.399 e. The smallest absolute Gasteiger partial charge is 0.399 e. The molecule has 0 unspecified atom stereocenters. The van der Waals surface area contributed by atoms with Crippen LogP contribution in [-0.2, 0) is 20.6 Å². The third-order valence-electron chi connectivity index (χ3n) is 4.09. The molecule has 0 aromatic heterocycles. The van der Waals surface area contributed by atoms with Gasteiger partial charge in [0.05, 0.1) is 11.2 Å². The van der Waals surface area contributed by atoms with Crippen molar-refractivity contribution in [1.82, 2.24) is 5.32 Å². The topological polar surface area (TPSA) is 47.6 Å². The van der Waals surface area contributed by atoms with Crippen molar-refractivity contribution in [3.8, 4) is 0 Å². The van der Waals surface area contributed by atoms with Gasteiger partial charge in [0.15, 0.2) is 0 Å². The summed E-state index contributed by atoms with van der Waals surface area (Å²) in [6.45, 7) is 10.1. The first-order chi connectivity index (χ1) is 9.23. The van der Waals surface area contributed by atoms with Crippen LogP contribution in [0.25, 0.3) is 0 Å². The predicted octanol–water partition coefficient (Wildman–Crippen LogP) is 1.62. The fraction of sp³-hybridized carbons (Fsp3) is 0.533. The molecule has 0 bridgehead atoms. The first kappa shape index (κ1) is 15.1. The Bertz CT molecular complexity index is 498. The normalized spacial score (nSPS) is 19.9. The molecule has 0 spiro atoms. The van der Waals surface area contributed by atoms with E-state index in [9.17, 15) is 4.79 Å². The van der Waals surface area contributed by atoms with Gasteiger partial charge < -0.3 is 14.6 Å². The van der Waals surface area contributed by atoms with Gasteiger partial charge in [-0.15, -0.1) is 0 Å². The molecule has 0 radical (unpaired) electrons. The maximum absolute atomic E-state index is 11.1. The lowest BCUT2D eigenvalue weighted by atomic mass is 9.76. The van der Waals surface area contributed by atoms with Crippen LogP contribution < -0.4 is 10.8 Å². The number of hydrogen-bond acceptors (Lipinski definition) is 3. The van der Waals surface area contributed by atoms with Crippen LogP contribution in [0.1, 0.15) is 40.2 Å². The van der Waals surface area contributed by atoms with E-state index in [1.165, 1.54) is 6.92 Å². The van der Waals surface area contributed by atoms with Gasteiger partial charge in [0.1, 0.15) is 0 Å². The molecule has 0 atom stereocenters. The quantitative estimate of drug-likeness (QED) is 0.853. The molecule has 0 saturated carbocycles. The highest BCUT2D eigenvalue weighted by Crippen LogP contribution is 2.36. The minimum atomic E-state index is -0.398. The van der Waals surface area contributed by atoms with Gasteiger partial charge in [0, 0.05) is 13.5 Å². The highest BCUT2D eigenvalue weighted by molar-refractivity contribution is 6.62. The first-order valence-corrected chi connectivity index (χ1v) is 6.91. The number of carbonyl (C=O) groups is 1. The van der Waals surface area contributed by atoms with Gasteiger partial charge in [-0.05, 0) is 38.7 Å². The Morgan fingerprint density at radius 2 is 1.70 bits per heavy atom. The molecular weight excluding hydrogens is 253 g/mol. The highest BCUT2D eigenvalue weighted by Gasteiger charge is 2.52. The Balaban J connectivity index is 2.24. The zero-order chi connectivity index (χ0) is 15.0. The summed E-state index contributed by atoms with van der Waals surface area (Å²) in [6.07, 6.45) is 0. The monoisotopic (exact) mass is 275 g/mol. The second-order valence-electron chi connectivity index (χ2n) is 6.20. The maximum Gasteiger partial charge on any atom is 0.495 e. The summed E-state index contributed by atoms with van der Waals surface area (Å²) in [4.78, 5) is 11.1. The Morgan fingerprint density at radius 1 is 1.15 bits per heavy atom. The van der Waals surface area contributed by atoms with Gasteiger partial charge in [-0.2, -0.15) is 0 Å². The van der Waals surface area contributed by atoms with Crippen molar-refractivity contribution in [2.24, 2.45) is 0 Å². The lowest BCUT2D eigenvalue weighted by molar-refractivity contribution is -0.119. The highest BCUT2D eigenvalue weighted by atomic mass is 16.7. The van der Waals surface area contributed by atoms with Crippen molar-refractivity contribution in [2.45, 2.75) is 52.4 Å². The fourth-order valence-corrected chi connectivity index (χ4v) is 2.11. The molecule has 2 rings (SSSR count). The van der Waals surface area contributed by atoms with Gasteiger partial charge in [-0.25, -0.2) is 0 Å². The van der Waals surface area contributed by atoms with Crippen LogP contribution in [0.2, 0.25) is 0 Å². The van der Waals surface area contributed by atoms with E-state index >= 15 is 0 Å².